The Balaban J connectivity index is 3.14. The molecular weight excluding hydrogens is 136 g/mol. The molecule has 0 atom stereocenters. The molecule has 0 spiro atoms. The molecule has 0 bridgehead atoms. The van der Waals surface area contributed by atoms with Crippen molar-refractivity contribution in [3.05, 3.63) is 35.9 Å². The summed E-state index contributed by atoms with van der Waals surface area (Å²) in [5.74, 6) is 0.350. The molecule has 0 unspecified atom stereocenters. The number of aromatic hydroxyl groups is 1. The lowest BCUT2D eigenvalue weighted by Gasteiger charge is -2.02. The molecule has 1 nitrogen and oxygen atoms in total. The van der Waals surface area contributed by atoms with Crippen molar-refractivity contribution in [2.45, 2.75) is 13.8 Å². The van der Waals surface area contributed by atoms with Crippen LogP contribution in [0.2, 0.25) is 0 Å². The predicted octanol–water partition coefficient (Wildman–Crippen LogP) is 2.82. The van der Waals surface area contributed by atoms with E-state index in [-0.39, 0.29) is 0 Å². The van der Waals surface area contributed by atoms with E-state index in [2.05, 4.69) is 0 Å². The fourth-order valence-corrected chi connectivity index (χ4v) is 0.963. The Morgan fingerprint density at radius 1 is 1.36 bits per heavy atom. The molecule has 1 aromatic rings. The molecule has 0 heterocycles. The SMILES string of the molecule is C/C=C(/C)c1ccccc1O. The van der Waals surface area contributed by atoms with Gasteiger partial charge in [-0.2, -0.15) is 0 Å². The van der Waals surface area contributed by atoms with Gasteiger partial charge in [-0.3, -0.25) is 0 Å². The maximum Gasteiger partial charge on any atom is 0.123 e. The second kappa shape index (κ2) is 3.24. The highest BCUT2D eigenvalue weighted by atomic mass is 16.3. The minimum atomic E-state index is 0.350. The van der Waals surface area contributed by atoms with Gasteiger partial charge in [0, 0.05) is 5.56 Å². The van der Waals surface area contributed by atoms with E-state index in [4.69, 9.17) is 0 Å². The quantitative estimate of drug-likeness (QED) is 0.649. The molecule has 0 aliphatic rings. The average Bonchev–Trinajstić information content (AvgIpc) is 2.04. The summed E-state index contributed by atoms with van der Waals surface area (Å²) in [6, 6.07) is 7.34. The first-order chi connectivity index (χ1) is 5.25. The fourth-order valence-electron chi connectivity index (χ4n) is 0.963. The number of benzene rings is 1. The fraction of sp³-hybridized carbons (Fsp3) is 0.200. The number of phenolic OH excluding ortho intramolecular Hbond substituents is 1. The van der Waals surface area contributed by atoms with Crippen LogP contribution in [0.4, 0.5) is 0 Å². The first-order valence-electron chi connectivity index (χ1n) is 3.67. The molecule has 11 heavy (non-hydrogen) atoms. The molecule has 58 valence electrons. The van der Waals surface area contributed by atoms with Crippen molar-refractivity contribution in [2.24, 2.45) is 0 Å². The molecule has 0 aliphatic heterocycles. The van der Waals surface area contributed by atoms with E-state index < -0.39 is 0 Å². The first kappa shape index (κ1) is 7.86. The van der Waals surface area contributed by atoms with E-state index in [0.717, 1.165) is 11.1 Å². The molecule has 0 aliphatic carbocycles. The van der Waals surface area contributed by atoms with Gasteiger partial charge in [-0.25, -0.2) is 0 Å². The van der Waals surface area contributed by atoms with Crippen molar-refractivity contribution in [3.63, 3.8) is 0 Å². The standard InChI is InChI=1S/C10H12O/c1-3-8(2)9-6-4-5-7-10(9)11/h3-7,11H,1-2H3/b8-3-. The maximum atomic E-state index is 9.37. The molecule has 0 aromatic heterocycles. The normalized spacial score (nSPS) is 11.6. The monoisotopic (exact) mass is 148 g/mol. The molecule has 0 radical (unpaired) electrons. The molecule has 0 saturated carbocycles. The number of hydrogen-bond acceptors (Lipinski definition) is 1. The van der Waals surface area contributed by atoms with Crippen LogP contribution in [0.25, 0.3) is 5.57 Å². The smallest absolute Gasteiger partial charge is 0.123 e. The number of para-hydroxylation sites is 1. The van der Waals surface area contributed by atoms with E-state index in [1.807, 2.05) is 38.1 Å². The topological polar surface area (TPSA) is 20.2 Å². The molecule has 0 saturated heterocycles. The van der Waals surface area contributed by atoms with Crippen LogP contribution in [0.1, 0.15) is 19.4 Å². The molecule has 1 rings (SSSR count). The van der Waals surface area contributed by atoms with E-state index in [1.54, 1.807) is 6.07 Å². The van der Waals surface area contributed by atoms with Gasteiger partial charge < -0.3 is 5.11 Å². The molecule has 0 fully saturated rings. The summed E-state index contributed by atoms with van der Waals surface area (Å²) in [7, 11) is 0. The number of phenols is 1. The van der Waals surface area contributed by atoms with Crippen LogP contribution < -0.4 is 0 Å². The van der Waals surface area contributed by atoms with Gasteiger partial charge >= 0.3 is 0 Å². The summed E-state index contributed by atoms with van der Waals surface area (Å²) in [5.41, 5.74) is 2.01. The van der Waals surface area contributed by atoms with Crippen LogP contribution in [0.5, 0.6) is 5.75 Å². The summed E-state index contributed by atoms with van der Waals surface area (Å²) >= 11 is 0. The Morgan fingerprint density at radius 3 is 2.55 bits per heavy atom. The highest BCUT2D eigenvalue weighted by Gasteiger charge is 1.98. The van der Waals surface area contributed by atoms with E-state index >= 15 is 0 Å². The largest absolute Gasteiger partial charge is 0.507 e. The summed E-state index contributed by atoms with van der Waals surface area (Å²) in [4.78, 5) is 0. The lowest BCUT2D eigenvalue weighted by molar-refractivity contribution is 0.473. The second-order valence-electron chi connectivity index (χ2n) is 2.49. The zero-order chi connectivity index (χ0) is 8.27. The lowest BCUT2D eigenvalue weighted by Crippen LogP contribution is -1.78. The number of allylic oxidation sites excluding steroid dienone is 2. The predicted molar refractivity (Wildman–Crippen MR) is 47.4 cm³/mol. The van der Waals surface area contributed by atoms with Crippen molar-refractivity contribution < 1.29 is 5.11 Å². The van der Waals surface area contributed by atoms with Gasteiger partial charge in [0.15, 0.2) is 0 Å². The third kappa shape index (κ3) is 1.61. The number of hydrogen-bond donors (Lipinski definition) is 1. The van der Waals surface area contributed by atoms with Crippen molar-refractivity contribution in [1.29, 1.82) is 0 Å². The van der Waals surface area contributed by atoms with Gasteiger partial charge in [-0.05, 0) is 25.5 Å². The Kier molecular flexibility index (Phi) is 2.32. The van der Waals surface area contributed by atoms with E-state index in [9.17, 15) is 5.11 Å². The average molecular weight is 148 g/mol. The summed E-state index contributed by atoms with van der Waals surface area (Å²) in [6.45, 7) is 3.94. The first-order valence-corrected chi connectivity index (χ1v) is 3.67. The van der Waals surface area contributed by atoms with Crippen LogP contribution >= 0.6 is 0 Å². The summed E-state index contributed by atoms with van der Waals surface area (Å²) in [6.07, 6.45) is 1.98. The minimum Gasteiger partial charge on any atom is -0.507 e. The zero-order valence-corrected chi connectivity index (χ0v) is 6.83. The Hall–Kier alpha value is -1.24. The Labute approximate surface area is 67.0 Å². The van der Waals surface area contributed by atoms with Crippen LogP contribution in [-0.4, -0.2) is 5.11 Å². The van der Waals surface area contributed by atoms with Crippen LogP contribution in [0.15, 0.2) is 30.3 Å². The molecular formula is C10H12O. The van der Waals surface area contributed by atoms with Gasteiger partial charge in [-0.1, -0.05) is 24.3 Å². The molecule has 1 heteroatoms. The molecule has 0 amide bonds. The molecule has 1 N–H and O–H groups in total. The van der Waals surface area contributed by atoms with Crippen LogP contribution in [0.3, 0.4) is 0 Å². The number of rotatable bonds is 1. The van der Waals surface area contributed by atoms with Gasteiger partial charge in [0.25, 0.3) is 0 Å². The summed E-state index contributed by atoms with van der Waals surface area (Å²) < 4.78 is 0. The van der Waals surface area contributed by atoms with Crippen LogP contribution in [-0.2, 0) is 0 Å². The molecule has 1 aromatic carbocycles. The van der Waals surface area contributed by atoms with Crippen molar-refractivity contribution in [3.8, 4) is 5.75 Å². The van der Waals surface area contributed by atoms with E-state index in [1.165, 1.54) is 0 Å². The van der Waals surface area contributed by atoms with Crippen molar-refractivity contribution in [2.75, 3.05) is 0 Å². The minimum absolute atomic E-state index is 0.350. The van der Waals surface area contributed by atoms with Gasteiger partial charge in [0.2, 0.25) is 0 Å². The van der Waals surface area contributed by atoms with Crippen molar-refractivity contribution >= 4 is 5.57 Å². The highest BCUT2D eigenvalue weighted by molar-refractivity contribution is 5.68. The van der Waals surface area contributed by atoms with Gasteiger partial charge in [-0.15, -0.1) is 0 Å². The van der Waals surface area contributed by atoms with E-state index in [0.29, 0.717) is 5.75 Å². The second-order valence-corrected chi connectivity index (χ2v) is 2.49. The van der Waals surface area contributed by atoms with Crippen LogP contribution in [0, 0.1) is 0 Å². The highest BCUT2D eigenvalue weighted by Crippen LogP contribution is 2.23. The van der Waals surface area contributed by atoms with Crippen molar-refractivity contribution in [1.82, 2.24) is 0 Å². The third-order valence-corrected chi connectivity index (χ3v) is 1.76. The van der Waals surface area contributed by atoms with Gasteiger partial charge in [0.05, 0.1) is 0 Å². The Morgan fingerprint density at radius 2 is 2.00 bits per heavy atom. The Bertz CT molecular complexity index is 274. The lowest BCUT2D eigenvalue weighted by atomic mass is 10.1. The van der Waals surface area contributed by atoms with Gasteiger partial charge in [0.1, 0.15) is 5.75 Å². The third-order valence-electron chi connectivity index (χ3n) is 1.76. The summed E-state index contributed by atoms with van der Waals surface area (Å²) in [5, 5.41) is 9.37. The maximum absolute atomic E-state index is 9.37. The zero-order valence-electron chi connectivity index (χ0n) is 6.83.